The van der Waals surface area contributed by atoms with Crippen LogP contribution < -0.4 is 0 Å². The highest BCUT2D eigenvalue weighted by Crippen LogP contribution is 2.13. The Labute approximate surface area is 116 Å². The van der Waals surface area contributed by atoms with Crippen molar-refractivity contribution in [3.8, 4) is 0 Å². The van der Waals surface area contributed by atoms with Gasteiger partial charge in [0, 0.05) is 0 Å². The Bertz CT molecular complexity index is 227. The minimum absolute atomic E-state index is 0.122. The van der Waals surface area contributed by atoms with Crippen molar-refractivity contribution in [1.29, 1.82) is 0 Å². The molecular formula is C13H26ClNO3. The van der Waals surface area contributed by atoms with Gasteiger partial charge in [-0.1, -0.05) is 20.4 Å². The Morgan fingerprint density at radius 1 is 1.39 bits per heavy atom. The first kappa shape index (κ1) is 19.6. The third-order valence-electron chi connectivity index (χ3n) is 1.87. The van der Waals surface area contributed by atoms with Crippen LogP contribution in [0.1, 0.15) is 41.0 Å². The molecule has 0 heterocycles. The van der Waals surface area contributed by atoms with Crippen LogP contribution >= 0.6 is 11.9 Å². The second-order valence-electron chi connectivity index (χ2n) is 4.81. The Morgan fingerprint density at radius 2 is 1.89 bits per heavy atom. The lowest BCUT2D eigenvalue weighted by molar-refractivity contribution is -0.120. The van der Waals surface area contributed by atoms with E-state index in [9.17, 15) is 0 Å². The molecule has 0 spiro atoms. The van der Waals surface area contributed by atoms with Crippen LogP contribution in [-0.4, -0.2) is 36.6 Å². The summed E-state index contributed by atoms with van der Waals surface area (Å²) in [6, 6.07) is 0. The van der Waals surface area contributed by atoms with E-state index < -0.39 is 0 Å². The van der Waals surface area contributed by atoms with Crippen LogP contribution in [0.5, 0.6) is 0 Å². The summed E-state index contributed by atoms with van der Waals surface area (Å²) in [7, 11) is 0. The summed E-state index contributed by atoms with van der Waals surface area (Å²) in [6.45, 7) is 17.6. The molecule has 0 saturated carbocycles. The largest absolute Gasteiger partial charge is 0.492 e. The first-order valence-electron chi connectivity index (χ1n) is 6.10. The Balaban J connectivity index is 0. The lowest BCUT2D eigenvalue weighted by Crippen LogP contribution is -2.29. The molecule has 108 valence electrons. The van der Waals surface area contributed by atoms with Gasteiger partial charge in [-0.25, -0.2) is 0 Å². The molecule has 0 N–H and O–H groups in total. The van der Waals surface area contributed by atoms with Gasteiger partial charge in [-0.3, -0.25) is 9.69 Å². The van der Waals surface area contributed by atoms with Gasteiger partial charge in [-0.2, -0.15) is 0 Å². The lowest BCUT2D eigenvalue weighted by Gasteiger charge is -2.26. The maximum atomic E-state index is 8.82. The molecule has 0 radical (unpaired) electrons. The van der Waals surface area contributed by atoms with E-state index in [0.29, 0.717) is 0 Å². The van der Waals surface area contributed by atoms with Gasteiger partial charge in [-0.05, 0) is 40.3 Å². The van der Waals surface area contributed by atoms with Gasteiger partial charge in [0.05, 0.1) is 6.54 Å². The predicted octanol–water partition coefficient (Wildman–Crippen LogP) is 3.36. The van der Waals surface area contributed by atoms with E-state index in [1.165, 1.54) is 6.42 Å². The fourth-order valence-corrected chi connectivity index (χ4v) is 1.38. The molecule has 0 unspecified atom stereocenters. The van der Waals surface area contributed by atoms with E-state index in [1.54, 1.807) is 0 Å². The van der Waals surface area contributed by atoms with Gasteiger partial charge < -0.3 is 9.03 Å². The summed E-state index contributed by atoms with van der Waals surface area (Å²) >= 11 is 4.32. The lowest BCUT2D eigenvalue weighted by atomic mass is 10.2. The smallest absolute Gasteiger partial charge is 0.312 e. The molecule has 0 aromatic rings. The van der Waals surface area contributed by atoms with Crippen molar-refractivity contribution in [2.75, 3.05) is 19.6 Å². The molecule has 0 atom stereocenters. The van der Waals surface area contributed by atoms with Crippen molar-refractivity contribution in [3.05, 3.63) is 12.3 Å². The Hall–Kier alpha value is -0.740. The van der Waals surface area contributed by atoms with Crippen LogP contribution in [0.3, 0.4) is 0 Å². The topological polar surface area (TPSA) is 38.8 Å². The minimum atomic E-state index is -0.122. The molecule has 0 aliphatic heterocycles. The highest BCUT2D eigenvalue weighted by Gasteiger charge is 2.13. The molecular weight excluding hydrogens is 254 g/mol. The Morgan fingerprint density at radius 3 is 2.17 bits per heavy atom. The number of nitrogens with zero attached hydrogens (tertiary/aromatic N) is 1. The third kappa shape index (κ3) is 15.3. The van der Waals surface area contributed by atoms with Gasteiger partial charge in [0.2, 0.25) is 0 Å². The van der Waals surface area contributed by atoms with Gasteiger partial charge in [-0.15, -0.1) is 0 Å². The molecule has 0 aromatic heterocycles. The zero-order valence-electron chi connectivity index (χ0n) is 12.2. The highest BCUT2D eigenvalue weighted by atomic mass is 35.5. The maximum Gasteiger partial charge on any atom is 0.312 e. The van der Waals surface area contributed by atoms with Crippen molar-refractivity contribution in [2.45, 2.75) is 46.6 Å². The van der Waals surface area contributed by atoms with Crippen LogP contribution in [0, 0.1) is 0 Å². The van der Waals surface area contributed by atoms with Crippen molar-refractivity contribution in [1.82, 2.24) is 4.90 Å². The molecule has 0 amide bonds. The fraction of sp³-hybridized carbons (Fsp3) is 0.769. The van der Waals surface area contributed by atoms with Crippen LogP contribution in [0.25, 0.3) is 0 Å². The number of hydrogen-bond donors (Lipinski definition) is 0. The molecule has 0 aliphatic rings. The Kier molecular flexibility index (Phi) is 12.4. The SMILES string of the molecule is C=C(CN(CC)CCC)OC(C)(C)C.O=COCl. The standard InChI is InChI=1S/C12H25NO.CHClO2/c1-7-9-13(8-2)10-11(3)14-12(4,5)6;2-4-1-3/h3,7-10H2,1-2,4-6H3;1H. The van der Waals surface area contributed by atoms with Crippen molar-refractivity contribution < 1.29 is 13.8 Å². The normalized spacial score (nSPS) is 10.4. The number of carbonyl (C=O) groups is 1. The number of carbonyl (C=O) groups excluding carboxylic acids is 1. The molecule has 0 aromatic carbocycles. The van der Waals surface area contributed by atoms with E-state index in [1.807, 2.05) is 20.8 Å². The molecule has 5 heteroatoms. The molecule has 0 aliphatic carbocycles. The molecule has 0 rings (SSSR count). The number of halogens is 1. The van der Waals surface area contributed by atoms with Crippen molar-refractivity contribution in [2.24, 2.45) is 0 Å². The van der Waals surface area contributed by atoms with E-state index in [-0.39, 0.29) is 12.1 Å². The van der Waals surface area contributed by atoms with Crippen molar-refractivity contribution >= 4 is 18.3 Å². The third-order valence-corrected chi connectivity index (χ3v) is 1.95. The van der Waals surface area contributed by atoms with Crippen molar-refractivity contribution in [3.63, 3.8) is 0 Å². The summed E-state index contributed by atoms with van der Waals surface area (Å²) in [5, 5.41) is 0. The number of ether oxygens (including phenoxy) is 1. The van der Waals surface area contributed by atoms with E-state index >= 15 is 0 Å². The van der Waals surface area contributed by atoms with E-state index in [4.69, 9.17) is 9.53 Å². The average Bonchev–Trinajstić information content (AvgIpc) is 2.26. The van der Waals surface area contributed by atoms with E-state index in [0.717, 1.165) is 25.4 Å². The van der Waals surface area contributed by atoms with Gasteiger partial charge in [0.1, 0.15) is 23.2 Å². The number of rotatable bonds is 7. The summed E-state index contributed by atoms with van der Waals surface area (Å²) in [4.78, 5) is 11.2. The fourth-order valence-electron chi connectivity index (χ4n) is 1.38. The monoisotopic (exact) mass is 279 g/mol. The van der Waals surface area contributed by atoms with Crippen LogP contribution in [0.4, 0.5) is 0 Å². The summed E-state index contributed by atoms with van der Waals surface area (Å²) in [5.41, 5.74) is -0.122. The first-order chi connectivity index (χ1) is 8.30. The van der Waals surface area contributed by atoms with Gasteiger partial charge in [0.15, 0.2) is 0 Å². The average molecular weight is 280 g/mol. The molecule has 0 fully saturated rings. The van der Waals surface area contributed by atoms with Crippen LogP contribution in [0.2, 0.25) is 0 Å². The first-order valence-corrected chi connectivity index (χ1v) is 6.41. The summed E-state index contributed by atoms with van der Waals surface area (Å²) in [5.74, 6) is 0.868. The second-order valence-corrected chi connectivity index (χ2v) is 4.99. The zero-order valence-corrected chi connectivity index (χ0v) is 12.9. The minimum Gasteiger partial charge on any atom is -0.492 e. The summed E-state index contributed by atoms with van der Waals surface area (Å²) < 4.78 is 9.01. The quantitative estimate of drug-likeness (QED) is 0.529. The highest BCUT2D eigenvalue weighted by molar-refractivity contribution is 6.10. The predicted molar refractivity (Wildman–Crippen MR) is 75.4 cm³/mol. The maximum absolute atomic E-state index is 8.82. The number of hydrogen-bond acceptors (Lipinski definition) is 4. The van der Waals surface area contributed by atoms with E-state index in [2.05, 4.69) is 41.5 Å². The van der Waals surface area contributed by atoms with Crippen LogP contribution in [-0.2, 0) is 13.8 Å². The zero-order chi connectivity index (χ0) is 14.6. The van der Waals surface area contributed by atoms with Crippen LogP contribution in [0.15, 0.2) is 12.3 Å². The molecule has 4 nitrogen and oxygen atoms in total. The number of likely N-dealkylation sites (N-methyl/N-ethyl adjacent to an activating group) is 1. The van der Waals surface area contributed by atoms with Gasteiger partial charge in [0.25, 0.3) is 0 Å². The molecule has 18 heavy (non-hydrogen) atoms. The second kappa shape index (κ2) is 11.4. The molecule has 0 bridgehead atoms. The van der Waals surface area contributed by atoms with Gasteiger partial charge >= 0.3 is 6.47 Å². The molecule has 0 saturated heterocycles. The summed E-state index contributed by atoms with van der Waals surface area (Å²) in [6.07, 6.45) is 1.18.